The SMILES string of the molecule is CC(C)COc1ccc(Br)cc1C(=O)NC(=S)Nc1ccccc1C(C)C. The molecule has 0 radical (unpaired) electrons. The molecule has 0 fully saturated rings. The first-order valence-electron chi connectivity index (χ1n) is 8.91. The normalized spacial score (nSPS) is 10.8. The highest BCUT2D eigenvalue weighted by atomic mass is 79.9. The summed E-state index contributed by atoms with van der Waals surface area (Å²) in [5, 5.41) is 6.12. The first kappa shape index (κ1) is 21.4. The molecule has 27 heavy (non-hydrogen) atoms. The minimum Gasteiger partial charge on any atom is -0.492 e. The lowest BCUT2D eigenvalue weighted by Crippen LogP contribution is -2.34. The van der Waals surface area contributed by atoms with Gasteiger partial charge >= 0.3 is 0 Å². The van der Waals surface area contributed by atoms with E-state index in [4.69, 9.17) is 17.0 Å². The number of hydrogen-bond donors (Lipinski definition) is 2. The van der Waals surface area contributed by atoms with Gasteiger partial charge in [0.05, 0.1) is 12.2 Å². The zero-order chi connectivity index (χ0) is 20.0. The highest BCUT2D eigenvalue weighted by molar-refractivity contribution is 9.10. The van der Waals surface area contributed by atoms with Crippen LogP contribution < -0.4 is 15.4 Å². The third kappa shape index (κ3) is 6.33. The number of nitrogens with one attached hydrogen (secondary N) is 2. The van der Waals surface area contributed by atoms with Crippen LogP contribution in [0.3, 0.4) is 0 Å². The smallest absolute Gasteiger partial charge is 0.261 e. The van der Waals surface area contributed by atoms with Crippen molar-refractivity contribution in [2.45, 2.75) is 33.6 Å². The number of anilines is 1. The fourth-order valence-corrected chi connectivity index (χ4v) is 3.06. The van der Waals surface area contributed by atoms with Crippen molar-refractivity contribution >= 4 is 44.9 Å². The van der Waals surface area contributed by atoms with Crippen LogP contribution in [-0.4, -0.2) is 17.6 Å². The minimum atomic E-state index is -0.311. The molecule has 2 aromatic carbocycles. The molecular weight excluding hydrogens is 424 g/mol. The van der Waals surface area contributed by atoms with Gasteiger partial charge in [-0.1, -0.05) is 61.8 Å². The van der Waals surface area contributed by atoms with Crippen molar-refractivity contribution in [3.63, 3.8) is 0 Å². The molecular formula is C21H25BrN2O2S. The highest BCUT2D eigenvalue weighted by Crippen LogP contribution is 2.25. The second-order valence-electron chi connectivity index (χ2n) is 7.00. The number of para-hydroxylation sites is 1. The molecule has 2 rings (SSSR count). The van der Waals surface area contributed by atoms with E-state index in [0.717, 1.165) is 15.7 Å². The number of thiocarbonyl (C=S) groups is 1. The van der Waals surface area contributed by atoms with Gasteiger partial charge in [-0.05, 0) is 53.9 Å². The van der Waals surface area contributed by atoms with Crippen LogP contribution >= 0.6 is 28.1 Å². The van der Waals surface area contributed by atoms with Crippen LogP contribution in [0.25, 0.3) is 0 Å². The average Bonchev–Trinajstić information content (AvgIpc) is 2.60. The maximum absolute atomic E-state index is 12.7. The lowest BCUT2D eigenvalue weighted by atomic mass is 10.0. The number of amides is 1. The van der Waals surface area contributed by atoms with E-state index in [-0.39, 0.29) is 11.0 Å². The predicted octanol–water partition coefficient (Wildman–Crippen LogP) is 5.73. The van der Waals surface area contributed by atoms with Gasteiger partial charge in [0.2, 0.25) is 0 Å². The Morgan fingerprint density at radius 3 is 2.52 bits per heavy atom. The van der Waals surface area contributed by atoms with Crippen molar-refractivity contribution in [3.8, 4) is 5.75 Å². The standard InChI is InChI=1S/C21H25BrN2O2S/c1-13(2)12-26-19-10-9-15(22)11-17(19)20(25)24-21(27)23-18-8-6-5-7-16(18)14(3)4/h5-11,13-14H,12H2,1-4H3,(H2,23,24,25,27). The number of benzene rings is 2. The maximum Gasteiger partial charge on any atom is 0.261 e. The van der Waals surface area contributed by atoms with Crippen LogP contribution in [0, 0.1) is 5.92 Å². The Morgan fingerprint density at radius 1 is 1.15 bits per heavy atom. The van der Waals surface area contributed by atoms with Crippen molar-refractivity contribution in [3.05, 3.63) is 58.1 Å². The lowest BCUT2D eigenvalue weighted by molar-refractivity contribution is 0.0973. The molecule has 0 unspecified atom stereocenters. The molecule has 6 heteroatoms. The quantitative estimate of drug-likeness (QED) is 0.553. The molecule has 0 heterocycles. The Bertz CT molecular complexity index is 822. The number of halogens is 1. The summed E-state index contributed by atoms with van der Waals surface area (Å²) < 4.78 is 6.58. The zero-order valence-electron chi connectivity index (χ0n) is 16.0. The summed E-state index contributed by atoms with van der Waals surface area (Å²) in [5.41, 5.74) is 2.46. The Labute approximate surface area is 174 Å². The van der Waals surface area contributed by atoms with Crippen LogP contribution in [0.2, 0.25) is 0 Å². The van der Waals surface area contributed by atoms with E-state index in [2.05, 4.69) is 54.3 Å². The number of carbonyl (C=O) groups is 1. The Balaban J connectivity index is 2.13. The van der Waals surface area contributed by atoms with Crippen molar-refractivity contribution in [2.75, 3.05) is 11.9 Å². The van der Waals surface area contributed by atoms with Crippen molar-refractivity contribution in [2.24, 2.45) is 5.92 Å². The molecule has 0 aromatic heterocycles. The molecule has 0 bridgehead atoms. The number of hydrogen-bond acceptors (Lipinski definition) is 3. The van der Waals surface area contributed by atoms with Gasteiger partial charge in [0, 0.05) is 10.2 Å². The summed E-state index contributed by atoms with van der Waals surface area (Å²) in [4.78, 5) is 12.7. The average molecular weight is 449 g/mol. The second-order valence-corrected chi connectivity index (χ2v) is 8.32. The number of ether oxygens (including phenoxy) is 1. The molecule has 0 aliphatic carbocycles. The highest BCUT2D eigenvalue weighted by Gasteiger charge is 2.16. The summed E-state index contributed by atoms with van der Waals surface area (Å²) in [6.45, 7) is 8.88. The Kier molecular flexibility index (Phi) is 7.80. The zero-order valence-corrected chi connectivity index (χ0v) is 18.4. The summed E-state index contributed by atoms with van der Waals surface area (Å²) in [6.07, 6.45) is 0. The molecule has 4 nitrogen and oxygen atoms in total. The van der Waals surface area contributed by atoms with Gasteiger partial charge in [-0.2, -0.15) is 0 Å². The summed E-state index contributed by atoms with van der Waals surface area (Å²) in [5.74, 6) is 0.928. The van der Waals surface area contributed by atoms with Crippen molar-refractivity contribution in [1.82, 2.24) is 5.32 Å². The molecule has 0 atom stereocenters. The molecule has 2 aromatic rings. The third-order valence-electron chi connectivity index (χ3n) is 3.82. The fourth-order valence-electron chi connectivity index (χ4n) is 2.50. The van der Waals surface area contributed by atoms with Gasteiger partial charge in [-0.3, -0.25) is 10.1 Å². The summed E-state index contributed by atoms with van der Waals surface area (Å²) >= 11 is 8.75. The second kappa shape index (κ2) is 9.85. The van der Waals surface area contributed by atoms with Gasteiger partial charge in [0.25, 0.3) is 5.91 Å². The molecule has 144 valence electrons. The van der Waals surface area contributed by atoms with E-state index in [0.29, 0.717) is 29.8 Å². The molecule has 0 aliphatic heterocycles. The molecule has 0 saturated heterocycles. The van der Waals surface area contributed by atoms with Gasteiger partial charge in [-0.25, -0.2) is 0 Å². The van der Waals surface area contributed by atoms with Crippen LogP contribution in [0.15, 0.2) is 46.9 Å². The van der Waals surface area contributed by atoms with E-state index >= 15 is 0 Å². The van der Waals surface area contributed by atoms with Crippen LogP contribution in [-0.2, 0) is 0 Å². The number of rotatable bonds is 6. The summed E-state index contributed by atoms with van der Waals surface area (Å²) in [7, 11) is 0. The van der Waals surface area contributed by atoms with E-state index < -0.39 is 0 Å². The monoisotopic (exact) mass is 448 g/mol. The minimum absolute atomic E-state index is 0.253. The van der Waals surface area contributed by atoms with Crippen molar-refractivity contribution < 1.29 is 9.53 Å². The fraction of sp³-hybridized carbons (Fsp3) is 0.333. The van der Waals surface area contributed by atoms with E-state index in [9.17, 15) is 4.79 Å². The molecule has 0 saturated carbocycles. The van der Waals surface area contributed by atoms with Crippen molar-refractivity contribution in [1.29, 1.82) is 0 Å². The summed E-state index contributed by atoms with van der Waals surface area (Å²) in [6, 6.07) is 13.3. The van der Waals surface area contributed by atoms with Crippen LogP contribution in [0.5, 0.6) is 5.75 Å². The first-order valence-corrected chi connectivity index (χ1v) is 10.1. The Morgan fingerprint density at radius 2 is 1.85 bits per heavy atom. The maximum atomic E-state index is 12.7. The molecule has 1 amide bonds. The van der Waals surface area contributed by atoms with Gasteiger partial charge < -0.3 is 10.1 Å². The van der Waals surface area contributed by atoms with E-state index in [1.807, 2.05) is 30.3 Å². The molecule has 0 aliphatic rings. The lowest BCUT2D eigenvalue weighted by Gasteiger charge is -2.17. The van der Waals surface area contributed by atoms with Gasteiger partial charge in [0.15, 0.2) is 5.11 Å². The molecule has 0 spiro atoms. The van der Waals surface area contributed by atoms with E-state index in [1.54, 1.807) is 12.1 Å². The van der Waals surface area contributed by atoms with E-state index in [1.165, 1.54) is 0 Å². The Hall–Kier alpha value is -1.92. The first-order chi connectivity index (χ1) is 12.8. The van der Waals surface area contributed by atoms with Crippen LogP contribution in [0.1, 0.15) is 49.5 Å². The van der Waals surface area contributed by atoms with Crippen LogP contribution in [0.4, 0.5) is 5.69 Å². The van der Waals surface area contributed by atoms with Gasteiger partial charge in [0.1, 0.15) is 5.75 Å². The largest absolute Gasteiger partial charge is 0.492 e. The topological polar surface area (TPSA) is 50.4 Å². The predicted molar refractivity (Wildman–Crippen MR) is 119 cm³/mol. The third-order valence-corrected chi connectivity index (χ3v) is 4.51. The number of carbonyl (C=O) groups excluding carboxylic acids is 1. The molecule has 2 N–H and O–H groups in total. The van der Waals surface area contributed by atoms with Gasteiger partial charge in [-0.15, -0.1) is 0 Å².